The molecule has 0 aliphatic heterocycles. The Kier molecular flexibility index (Phi) is 10.0. The summed E-state index contributed by atoms with van der Waals surface area (Å²) in [7, 11) is 0. The van der Waals surface area contributed by atoms with Gasteiger partial charge in [-0.2, -0.15) is 0 Å². The van der Waals surface area contributed by atoms with Gasteiger partial charge in [0.2, 0.25) is 0 Å². The monoisotopic (exact) mass is 892 g/mol. The highest BCUT2D eigenvalue weighted by Gasteiger charge is 2.46. The Hall–Kier alpha value is -9.25. The molecule has 0 fully saturated rings. The van der Waals surface area contributed by atoms with Gasteiger partial charge in [0.05, 0.1) is 5.41 Å². The zero-order chi connectivity index (χ0) is 46.4. The number of hydrogen-bond donors (Lipinski definition) is 0. The Bertz CT molecular complexity index is 3680. The van der Waals surface area contributed by atoms with Gasteiger partial charge in [0.15, 0.2) is 17.5 Å². The van der Waals surface area contributed by atoms with Gasteiger partial charge < -0.3 is 4.90 Å². The topological polar surface area (TPSA) is 41.9 Å². The summed E-state index contributed by atoms with van der Waals surface area (Å²) in [5, 5.41) is 4.63. The molecule has 328 valence electrons. The molecule has 0 spiro atoms. The molecule has 70 heavy (non-hydrogen) atoms. The Morgan fingerprint density at radius 3 is 1.07 bits per heavy atom. The van der Waals surface area contributed by atoms with Gasteiger partial charge in [-0.1, -0.05) is 218 Å². The van der Waals surface area contributed by atoms with Crippen molar-refractivity contribution < 1.29 is 0 Å². The van der Waals surface area contributed by atoms with Gasteiger partial charge in [-0.15, -0.1) is 0 Å². The summed E-state index contributed by atoms with van der Waals surface area (Å²) >= 11 is 0. The van der Waals surface area contributed by atoms with Crippen LogP contribution < -0.4 is 4.90 Å². The Morgan fingerprint density at radius 1 is 0.257 bits per heavy atom. The molecule has 11 aromatic carbocycles. The van der Waals surface area contributed by atoms with Crippen molar-refractivity contribution in [1.29, 1.82) is 0 Å². The number of fused-ring (bicyclic) bond motifs is 5. The molecule has 0 radical (unpaired) electrons. The van der Waals surface area contributed by atoms with E-state index in [1.165, 1.54) is 44.2 Å². The van der Waals surface area contributed by atoms with Crippen molar-refractivity contribution in [3.63, 3.8) is 0 Å². The Morgan fingerprint density at radius 2 is 0.600 bits per heavy atom. The van der Waals surface area contributed by atoms with Crippen molar-refractivity contribution in [3.05, 3.63) is 289 Å². The number of nitrogens with zero attached hydrogens (tertiary/aromatic N) is 4. The first-order chi connectivity index (χ1) is 34.7. The van der Waals surface area contributed by atoms with E-state index >= 15 is 0 Å². The highest BCUT2D eigenvalue weighted by molar-refractivity contribution is 5.90. The van der Waals surface area contributed by atoms with Crippen LogP contribution in [0.2, 0.25) is 0 Å². The van der Waals surface area contributed by atoms with E-state index in [1.54, 1.807) is 0 Å². The first kappa shape index (κ1) is 41.0. The maximum absolute atomic E-state index is 5.20. The molecule has 4 heteroatoms. The van der Waals surface area contributed by atoms with Crippen molar-refractivity contribution in [1.82, 2.24) is 15.0 Å². The van der Waals surface area contributed by atoms with E-state index in [2.05, 4.69) is 272 Å². The lowest BCUT2D eigenvalue weighted by Gasteiger charge is -2.34. The van der Waals surface area contributed by atoms with E-state index in [9.17, 15) is 0 Å². The summed E-state index contributed by atoms with van der Waals surface area (Å²) in [5.41, 5.74) is 15.3. The second kappa shape index (κ2) is 17.1. The molecule has 0 saturated heterocycles. The Balaban J connectivity index is 0.908. The van der Waals surface area contributed by atoms with Crippen LogP contribution in [0.4, 0.5) is 17.1 Å². The summed E-state index contributed by atoms with van der Waals surface area (Å²) < 4.78 is 0. The van der Waals surface area contributed by atoms with E-state index in [0.29, 0.717) is 17.5 Å². The zero-order valence-corrected chi connectivity index (χ0v) is 38.2. The quantitative estimate of drug-likeness (QED) is 0.145. The third-order valence-electron chi connectivity index (χ3n) is 14.0. The van der Waals surface area contributed by atoms with E-state index in [-0.39, 0.29) is 0 Å². The molecular formula is C66H44N4. The number of anilines is 3. The van der Waals surface area contributed by atoms with Crippen molar-refractivity contribution in [3.8, 4) is 56.4 Å². The number of hydrogen-bond acceptors (Lipinski definition) is 4. The van der Waals surface area contributed by atoms with E-state index in [4.69, 9.17) is 15.0 Å². The van der Waals surface area contributed by atoms with Gasteiger partial charge in [0.1, 0.15) is 0 Å². The lowest BCUT2D eigenvalue weighted by molar-refractivity contribution is 0.768. The van der Waals surface area contributed by atoms with Crippen LogP contribution in [0.1, 0.15) is 22.3 Å². The zero-order valence-electron chi connectivity index (χ0n) is 38.2. The van der Waals surface area contributed by atoms with Crippen molar-refractivity contribution in [2.75, 3.05) is 4.90 Å². The first-order valence-corrected chi connectivity index (χ1v) is 23.8. The minimum atomic E-state index is -0.578. The first-order valence-electron chi connectivity index (χ1n) is 23.8. The SMILES string of the molecule is c1ccc(N(c2ccccc2)c2ccc(-c3ccc(C4(c5ccc(-c6nc(-c7ccc8ccccc8c7)nc(-c7ccc8ccccc8c7)n6)cc5)c5ccccc5-c5ccccc54)cc3)cc2)cc1. The average Bonchev–Trinajstić information content (AvgIpc) is 3.74. The van der Waals surface area contributed by atoms with Gasteiger partial charge >= 0.3 is 0 Å². The minimum Gasteiger partial charge on any atom is -0.311 e. The van der Waals surface area contributed by atoms with Crippen LogP contribution in [-0.4, -0.2) is 15.0 Å². The number of para-hydroxylation sites is 2. The van der Waals surface area contributed by atoms with Gasteiger partial charge in [-0.05, 0) is 115 Å². The normalized spacial score (nSPS) is 12.4. The molecule has 0 N–H and O–H groups in total. The molecule has 1 aliphatic rings. The molecule has 0 saturated carbocycles. The predicted molar refractivity (Wildman–Crippen MR) is 289 cm³/mol. The smallest absolute Gasteiger partial charge is 0.164 e. The third-order valence-corrected chi connectivity index (χ3v) is 14.0. The Labute approximate surface area is 407 Å². The van der Waals surface area contributed by atoms with Crippen LogP contribution in [0.25, 0.3) is 78.0 Å². The predicted octanol–water partition coefficient (Wildman–Crippen LogP) is 16.7. The van der Waals surface area contributed by atoms with Gasteiger partial charge in [0.25, 0.3) is 0 Å². The largest absolute Gasteiger partial charge is 0.311 e. The van der Waals surface area contributed by atoms with Crippen molar-refractivity contribution >= 4 is 38.6 Å². The number of rotatable bonds is 9. The minimum absolute atomic E-state index is 0.578. The molecule has 0 amide bonds. The number of aromatic nitrogens is 3. The summed E-state index contributed by atoms with van der Waals surface area (Å²) in [6.07, 6.45) is 0. The molecule has 1 aromatic heterocycles. The molecule has 4 nitrogen and oxygen atoms in total. The fraction of sp³-hybridized carbons (Fsp3) is 0.0152. The maximum Gasteiger partial charge on any atom is 0.164 e. The number of benzene rings is 11. The molecule has 0 unspecified atom stereocenters. The summed E-state index contributed by atoms with van der Waals surface area (Å²) in [4.78, 5) is 17.8. The van der Waals surface area contributed by atoms with E-state index in [0.717, 1.165) is 55.7 Å². The second-order valence-electron chi connectivity index (χ2n) is 18.0. The molecule has 1 aliphatic carbocycles. The van der Waals surface area contributed by atoms with Crippen LogP contribution in [0.3, 0.4) is 0 Å². The molecule has 1 heterocycles. The highest BCUT2D eigenvalue weighted by atomic mass is 15.1. The van der Waals surface area contributed by atoms with E-state index < -0.39 is 5.41 Å². The lowest BCUT2D eigenvalue weighted by Crippen LogP contribution is -2.28. The highest BCUT2D eigenvalue weighted by Crippen LogP contribution is 2.56. The molecule has 12 aromatic rings. The fourth-order valence-electron chi connectivity index (χ4n) is 10.6. The van der Waals surface area contributed by atoms with Crippen LogP contribution in [0.15, 0.2) is 267 Å². The standard InChI is InChI=1S/C66H44N4/c1-3-19-56(20-4-1)70(57-21-5-2-6-22-57)58-41-35-48(36-42-58)47-31-37-54(38-32-47)66(61-25-13-11-23-59(61)60-24-12-14-26-62(60)66)55-39-33-49(34-40-55)63-67-64(52-29-27-45-15-7-9-17-50(45)43-52)69-65(68-63)53-30-28-46-16-8-10-18-51(46)44-53/h1-44H. The van der Waals surface area contributed by atoms with Crippen molar-refractivity contribution in [2.24, 2.45) is 0 Å². The molecular weight excluding hydrogens is 849 g/mol. The fourth-order valence-corrected chi connectivity index (χ4v) is 10.6. The summed E-state index contributed by atoms with van der Waals surface area (Å²) in [5.74, 6) is 1.90. The van der Waals surface area contributed by atoms with Gasteiger partial charge in [-0.3, -0.25) is 0 Å². The van der Waals surface area contributed by atoms with Crippen LogP contribution >= 0.6 is 0 Å². The van der Waals surface area contributed by atoms with Crippen LogP contribution in [-0.2, 0) is 5.41 Å². The lowest BCUT2D eigenvalue weighted by atomic mass is 9.67. The van der Waals surface area contributed by atoms with Crippen LogP contribution in [0, 0.1) is 0 Å². The van der Waals surface area contributed by atoms with Gasteiger partial charge in [-0.25, -0.2) is 15.0 Å². The third kappa shape index (κ3) is 7.05. The molecule has 13 rings (SSSR count). The average molecular weight is 893 g/mol. The summed E-state index contributed by atoms with van der Waals surface area (Å²) in [6, 6.07) is 95.6. The van der Waals surface area contributed by atoms with Crippen molar-refractivity contribution in [2.45, 2.75) is 5.41 Å². The van der Waals surface area contributed by atoms with Crippen LogP contribution in [0.5, 0.6) is 0 Å². The summed E-state index contributed by atoms with van der Waals surface area (Å²) in [6.45, 7) is 0. The maximum atomic E-state index is 5.20. The van der Waals surface area contributed by atoms with Gasteiger partial charge in [0, 0.05) is 33.8 Å². The van der Waals surface area contributed by atoms with E-state index in [1.807, 2.05) is 0 Å². The molecule has 0 bridgehead atoms. The second-order valence-corrected chi connectivity index (χ2v) is 18.0. The molecule has 0 atom stereocenters.